The molecule has 4 aromatic rings. The second kappa shape index (κ2) is 9.00. The third kappa shape index (κ3) is 4.43. The maximum atomic E-state index is 11.3. The second-order valence-electron chi connectivity index (χ2n) is 7.57. The number of pyridine rings is 1. The van der Waals surface area contributed by atoms with Crippen LogP contribution in [0.1, 0.15) is 46.2 Å². The summed E-state index contributed by atoms with van der Waals surface area (Å²) in [7, 11) is 0. The zero-order valence-corrected chi connectivity index (χ0v) is 17.7. The zero-order chi connectivity index (χ0) is 21.8. The lowest BCUT2D eigenvalue weighted by Crippen LogP contribution is -2.06. The predicted octanol–water partition coefficient (Wildman–Crippen LogP) is 5.02. The van der Waals surface area contributed by atoms with Gasteiger partial charge in [0.05, 0.1) is 6.54 Å². The Morgan fingerprint density at radius 3 is 2.55 bits per heavy atom. The van der Waals surface area contributed by atoms with Crippen molar-refractivity contribution in [1.82, 2.24) is 14.5 Å². The van der Waals surface area contributed by atoms with Crippen LogP contribution >= 0.6 is 0 Å². The van der Waals surface area contributed by atoms with Crippen molar-refractivity contribution >= 4 is 17.1 Å². The van der Waals surface area contributed by atoms with E-state index in [0.29, 0.717) is 18.9 Å². The molecule has 1 N–H and O–H groups in total. The van der Waals surface area contributed by atoms with E-state index in [4.69, 9.17) is 9.72 Å². The summed E-state index contributed by atoms with van der Waals surface area (Å²) in [5, 5.41) is 9.28. The number of aromatic nitrogens is 3. The Morgan fingerprint density at radius 2 is 1.81 bits per heavy atom. The maximum Gasteiger partial charge on any atom is 0.339 e. The molecule has 0 bridgehead atoms. The summed E-state index contributed by atoms with van der Waals surface area (Å²) in [6.07, 6.45) is 3.77. The van der Waals surface area contributed by atoms with Crippen molar-refractivity contribution in [3.63, 3.8) is 0 Å². The van der Waals surface area contributed by atoms with Crippen molar-refractivity contribution in [2.75, 3.05) is 0 Å². The number of ether oxygens (including phenoxy) is 1. The quantitative estimate of drug-likeness (QED) is 0.437. The first-order valence-electron chi connectivity index (χ1n) is 10.4. The van der Waals surface area contributed by atoms with E-state index in [0.717, 1.165) is 46.5 Å². The van der Waals surface area contributed by atoms with E-state index in [1.54, 1.807) is 24.3 Å². The van der Waals surface area contributed by atoms with E-state index >= 15 is 0 Å². The molecule has 2 aromatic carbocycles. The highest BCUT2D eigenvalue weighted by molar-refractivity contribution is 5.90. The standard InChI is InChI=1S/C25H25N3O3/c1-3-6-22-27-23-17(2)13-14-26-24(23)28(22)15-18-9-11-19(12-10-18)16-31-21-8-5-4-7-20(21)25(29)30/h4-5,7-14H,3,6,15-16H2,1-2H3,(H,29,30). The van der Waals surface area contributed by atoms with Gasteiger partial charge in [0, 0.05) is 12.6 Å². The van der Waals surface area contributed by atoms with Gasteiger partial charge in [-0.25, -0.2) is 14.8 Å². The number of carboxylic acids is 1. The molecule has 4 rings (SSSR count). The van der Waals surface area contributed by atoms with E-state index in [-0.39, 0.29) is 5.56 Å². The molecule has 0 aliphatic heterocycles. The fourth-order valence-electron chi connectivity index (χ4n) is 3.62. The van der Waals surface area contributed by atoms with Gasteiger partial charge in [-0.3, -0.25) is 0 Å². The lowest BCUT2D eigenvalue weighted by Gasteiger charge is -2.11. The van der Waals surface area contributed by atoms with E-state index in [9.17, 15) is 9.90 Å². The van der Waals surface area contributed by atoms with Crippen LogP contribution < -0.4 is 4.74 Å². The first-order valence-corrected chi connectivity index (χ1v) is 10.4. The first-order chi connectivity index (χ1) is 15.1. The van der Waals surface area contributed by atoms with E-state index in [1.807, 2.05) is 24.4 Å². The molecule has 0 saturated carbocycles. The van der Waals surface area contributed by atoms with Crippen LogP contribution in [-0.4, -0.2) is 25.6 Å². The fraction of sp³-hybridized carbons (Fsp3) is 0.240. The largest absolute Gasteiger partial charge is 0.488 e. The molecule has 0 spiro atoms. The van der Waals surface area contributed by atoms with Gasteiger partial charge in [0.25, 0.3) is 0 Å². The Bertz CT molecular complexity index is 1210. The van der Waals surface area contributed by atoms with Crippen molar-refractivity contribution in [2.45, 2.75) is 39.8 Å². The number of nitrogens with zero attached hydrogens (tertiary/aromatic N) is 3. The molecular weight excluding hydrogens is 390 g/mol. The molecular formula is C25H25N3O3. The Labute approximate surface area is 181 Å². The number of benzene rings is 2. The highest BCUT2D eigenvalue weighted by Crippen LogP contribution is 2.22. The normalized spacial score (nSPS) is 11.0. The average molecular weight is 415 g/mol. The van der Waals surface area contributed by atoms with Crippen LogP contribution in [0, 0.1) is 6.92 Å². The average Bonchev–Trinajstić information content (AvgIpc) is 3.12. The highest BCUT2D eigenvalue weighted by atomic mass is 16.5. The van der Waals surface area contributed by atoms with Crippen molar-refractivity contribution in [1.29, 1.82) is 0 Å². The minimum absolute atomic E-state index is 0.164. The smallest absolute Gasteiger partial charge is 0.339 e. The molecule has 2 aromatic heterocycles. The molecule has 31 heavy (non-hydrogen) atoms. The van der Waals surface area contributed by atoms with Crippen LogP contribution in [0.2, 0.25) is 0 Å². The Kier molecular flexibility index (Phi) is 5.98. The number of para-hydroxylation sites is 1. The summed E-state index contributed by atoms with van der Waals surface area (Å²) in [6, 6.07) is 16.8. The van der Waals surface area contributed by atoms with Gasteiger partial charge in [-0.05, 0) is 48.2 Å². The number of aromatic carboxylic acids is 1. The van der Waals surface area contributed by atoms with Gasteiger partial charge in [0.15, 0.2) is 5.65 Å². The van der Waals surface area contributed by atoms with Crippen LogP contribution in [0.25, 0.3) is 11.2 Å². The first kappa shape index (κ1) is 20.6. The molecule has 0 aliphatic carbocycles. The number of fused-ring (bicyclic) bond motifs is 1. The summed E-state index contributed by atoms with van der Waals surface area (Å²) >= 11 is 0. The molecule has 0 radical (unpaired) electrons. The lowest BCUT2D eigenvalue weighted by molar-refractivity contribution is 0.0691. The highest BCUT2D eigenvalue weighted by Gasteiger charge is 2.14. The van der Waals surface area contributed by atoms with Gasteiger partial charge in [-0.2, -0.15) is 0 Å². The van der Waals surface area contributed by atoms with E-state index in [1.165, 1.54) is 0 Å². The van der Waals surface area contributed by atoms with Crippen LogP contribution in [0.4, 0.5) is 0 Å². The second-order valence-corrected chi connectivity index (χ2v) is 7.57. The van der Waals surface area contributed by atoms with E-state index < -0.39 is 5.97 Å². The molecule has 0 fully saturated rings. The molecule has 0 amide bonds. The maximum absolute atomic E-state index is 11.3. The van der Waals surface area contributed by atoms with Crippen molar-refractivity contribution in [3.8, 4) is 5.75 Å². The van der Waals surface area contributed by atoms with Crippen LogP contribution in [0.5, 0.6) is 5.75 Å². The van der Waals surface area contributed by atoms with Gasteiger partial charge in [0.2, 0.25) is 0 Å². The van der Waals surface area contributed by atoms with Gasteiger partial charge < -0.3 is 14.4 Å². The lowest BCUT2D eigenvalue weighted by atomic mass is 10.1. The third-order valence-electron chi connectivity index (χ3n) is 5.26. The molecule has 158 valence electrons. The Balaban J connectivity index is 1.51. The Hall–Kier alpha value is -3.67. The number of rotatable bonds is 8. The topological polar surface area (TPSA) is 77.2 Å². The minimum atomic E-state index is -0.995. The molecule has 6 heteroatoms. The number of imidazole rings is 1. The van der Waals surface area contributed by atoms with Crippen LogP contribution in [-0.2, 0) is 19.6 Å². The van der Waals surface area contributed by atoms with Crippen molar-refractivity contribution in [2.24, 2.45) is 0 Å². The van der Waals surface area contributed by atoms with E-state index in [2.05, 4.69) is 35.5 Å². The summed E-state index contributed by atoms with van der Waals surface area (Å²) < 4.78 is 7.94. The third-order valence-corrected chi connectivity index (χ3v) is 5.26. The molecule has 0 saturated heterocycles. The van der Waals surface area contributed by atoms with Crippen molar-refractivity contribution in [3.05, 3.63) is 88.9 Å². The number of hydrogen-bond donors (Lipinski definition) is 1. The Morgan fingerprint density at radius 1 is 1.06 bits per heavy atom. The summed E-state index contributed by atoms with van der Waals surface area (Å²) in [5.41, 5.74) is 5.30. The predicted molar refractivity (Wildman–Crippen MR) is 120 cm³/mol. The minimum Gasteiger partial charge on any atom is -0.488 e. The SMILES string of the molecule is CCCc1nc2c(C)ccnc2n1Cc1ccc(COc2ccccc2C(=O)O)cc1. The molecule has 2 heterocycles. The summed E-state index contributed by atoms with van der Waals surface area (Å²) in [4.78, 5) is 20.7. The zero-order valence-electron chi connectivity index (χ0n) is 17.7. The molecule has 0 unspecified atom stereocenters. The summed E-state index contributed by atoms with van der Waals surface area (Å²) in [6.45, 7) is 5.22. The number of carboxylic acid groups (broad SMARTS) is 1. The molecule has 0 atom stereocenters. The van der Waals surface area contributed by atoms with Gasteiger partial charge in [-0.1, -0.05) is 43.3 Å². The number of carbonyl (C=O) groups is 1. The number of hydrogen-bond acceptors (Lipinski definition) is 4. The molecule has 0 aliphatic rings. The van der Waals surface area contributed by atoms with Gasteiger partial charge in [0.1, 0.15) is 29.3 Å². The molecule has 6 nitrogen and oxygen atoms in total. The van der Waals surface area contributed by atoms with Crippen LogP contribution in [0.3, 0.4) is 0 Å². The van der Waals surface area contributed by atoms with Crippen molar-refractivity contribution < 1.29 is 14.6 Å². The fourth-order valence-corrected chi connectivity index (χ4v) is 3.62. The summed E-state index contributed by atoms with van der Waals surface area (Å²) in [5.74, 6) is 0.428. The monoisotopic (exact) mass is 415 g/mol. The van der Waals surface area contributed by atoms with Gasteiger partial charge in [-0.15, -0.1) is 0 Å². The number of aryl methyl sites for hydroxylation is 2. The van der Waals surface area contributed by atoms with Gasteiger partial charge >= 0.3 is 5.97 Å². The van der Waals surface area contributed by atoms with Crippen LogP contribution in [0.15, 0.2) is 60.8 Å².